The Labute approximate surface area is 142 Å². The number of carbonyl (C=O) groups excluding carboxylic acids is 1. The van der Waals surface area contributed by atoms with E-state index >= 15 is 0 Å². The summed E-state index contributed by atoms with van der Waals surface area (Å²) in [5.74, 6) is -0.174. The summed E-state index contributed by atoms with van der Waals surface area (Å²) >= 11 is 0. The molecular formula is C17H21N3O3S. The van der Waals surface area contributed by atoms with Crippen molar-refractivity contribution in [2.75, 3.05) is 13.6 Å². The number of sulfonamides is 1. The number of pyridine rings is 1. The molecule has 0 spiro atoms. The van der Waals surface area contributed by atoms with Gasteiger partial charge in [-0.1, -0.05) is 6.92 Å². The minimum atomic E-state index is -3.51. The van der Waals surface area contributed by atoms with E-state index in [0.29, 0.717) is 12.1 Å². The van der Waals surface area contributed by atoms with Crippen LogP contribution in [0.3, 0.4) is 0 Å². The number of hydrogen-bond acceptors (Lipinski definition) is 4. The number of rotatable bonds is 6. The van der Waals surface area contributed by atoms with E-state index in [4.69, 9.17) is 0 Å². The highest BCUT2D eigenvalue weighted by Gasteiger charge is 2.20. The van der Waals surface area contributed by atoms with Crippen LogP contribution in [0.4, 0.5) is 0 Å². The van der Waals surface area contributed by atoms with Crippen molar-refractivity contribution in [1.82, 2.24) is 14.6 Å². The Hall–Kier alpha value is -2.25. The number of aromatic nitrogens is 1. The lowest BCUT2D eigenvalue weighted by atomic mass is 10.1. The Morgan fingerprint density at radius 1 is 1.17 bits per heavy atom. The molecule has 24 heavy (non-hydrogen) atoms. The summed E-state index contributed by atoms with van der Waals surface area (Å²) in [5, 5.41) is 0. The molecule has 1 heterocycles. The fourth-order valence-electron chi connectivity index (χ4n) is 2.30. The van der Waals surface area contributed by atoms with E-state index in [1.807, 2.05) is 19.1 Å². The van der Waals surface area contributed by atoms with Crippen molar-refractivity contribution in [2.45, 2.75) is 24.8 Å². The molecule has 0 aliphatic carbocycles. The highest BCUT2D eigenvalue weighted by atomic mass is 32.2. The van der Waals surface area contributed by atoms with Crippen LogP contribution in [0.5, 0.6) is 0 Å². The first-order valence-electron chi connectivity index (χ1n) is 7.63. The topological polar surface area (TPSA) is 79.4 Å². The molecule has 0 bridgehead atoms. The third-order valence-corrected chi connectivity index (χ3v) is 5.40. The van der Waals surface area contributed by atoms with Crippen molar-refractivity contribution in [3.05, 3.63) is 59.9 Å². The minimum Gasteiger partial charge on any atom is -0.335 e. The number of hydrogen-bond donors (Lipinski definition) is 1. The number of benzene rings is 1. The molecule has 2 rings (SSSR count). The van der Waals surface area contributed by atoms with Gasteiger partial charge in [0.1, 0.15) is 0 Å². The highest BCUT2D eigenvalue weighted by Crippen LogP contribution is 2.20. The maximum Gasteiger partial charge on any atom is 0.254 e. The van der Waals surface area contributed by atoms with Gasteiger partial charge in [0.2, 0.25) is 10.0 Å². The lowest BCUT2D eigenvalue weighted by Gasteiger charge is -2.25. The van der Waals surface area contributed by atoms with E-state index in [0.717, 1.165) is 5.56 Å². The third-order valence-electron chi connectivity index (χ3n) is 3.84. The maximum atomic E-state index is 12.6. The van der Waals surface area contributed by atoms with Gasteiger partial charge in [-0.15, -0.1) is 0 Å². The van der Waals surface area contributed by atoms with Crippen LogP contribution in [0.25, 0.3) is 0 Å². The van der Waals surface area contributed by atoms with Crippen molar-refractivity contribution in [2.24, 2.45) is 0 Å². The maximum absolute atomic E-state index is 12.6. The Balaban J connectivity index is 2.18. The Morgan fingerprint density at radius 2 is 1.75 bits per heavy atom. The first-order chi connectivity index (χ1) is 11.4. The molecule has 7 heteroatoms. The SMILES string of the molecule is CCNS(=O)(=O)c1ccc(C(=O)N(C)C(C)c2ccncc2)cc1. The van der Waals surface area contributed by atoms with Crippen LogP contribution in [0.2, 0.25) is 0 Å². The number of amides is 1. The zero-order valence-corrected chi connectivity index (χ0v) is 14.7. The lowest BCUT2D eigenvalue weighted by molar-refractivity contribution is 0.0742. The quantitative estimate of drug-likeness (QED) is 0.869. The molecule has 1 aromatic heterocycles. The minimum absolute atomic E-state index is 0.120. The molecule has 2 aromatic rings. The van der Waals surface area contributed by atoms with E-state index in [2.05, 4.69) is 9.71 Å². The van der Waals surface area contributed by atoms with Gasteiger partial charge in [0.05, 0.1) is 10.9 Å². The average Bonchev–Trinajstić information content (AvgIpc) is 2.60. The molecule has 0 radical (unpaired) electrons. The Bertz CT molecular complexity index is 790. The van der Waals surface area contributed by atoms with E-state index in [1.54, 1.807) is 31.3 Å². The first-order valence-corrected chi connectivity index (χ1v) is 9.12. The fraction of sp³-hybridized carbons (Fsp3) is 0.294. The van der Waals surface area contributed by atoms with Gasteiger partial charge in [0.15, 0.2) is 0 Å². The summed E-state index contributed by atoms with van der Waals surface area (Å²) in [6.07, 6.45) is 3.37. The van der Waals surface area contributed by atoms with Crippen LogP contribution in [0.15, 0.2) is 53.7 Å². The molecule has 1 unspecified atom stereocenters. The van der Waals surface area contributed by atoms with Crippen LogP contribution in [0.1, 0.15) is 35.8 Å². The molecule has 0 saturated heterocycles. The second-order valence-corrected chi connectivity index (χ2v) is 7.17. The summed E-state index contributed by atoms with van der Waals surface area (Å²) in [5.41, 5.74) is 1.42. The molecule has 0 saturated carbocycles. The summed E-state index contributed by atoms with van der Waals surface area (Å²) in [6, 6.07) is 9.54. The smallest absolute Gasteiger partial charge is 0.254 e. The zero-order valence-electron chi connectivity index (χ0n) is 13.9. The molecule has 1 aromatic carbocycles. The molecule has 128 valence electrons. The largest absolute Gasteiger partial charge is 0.335 e. The van der Waals surface area contributed by atoms with Crippen molar-refractivity contribution in [3.63, 3.8) is 0 Å². The Morgan fingerprint density at radius 3 is 2.29 bits per heavy atom. The molecule has 1 atom stereocenters. The van der Waals surface area contributed by atoms with Gasteiger partial charge in [-0.05, 0) is 48.9 Å². The van der Waals surface area contributed by atoms with Crippen LogP contribution in [-0.4, -0.2) is 37.8 Å². The fourth-order valence-corrected chi connectivity index (χ4v) is 3.34. The highest BCUT2D eigenvalue weighted by molar-refractivity contribution is 7.89. The predicted octanol–water partition coefficient (Wildman–Crippen LogP) is 2.21. The van der Waals surface area contributed by atoms with Crippen LogP contribution >= 0.6 is 0 Å². The number of nitrogens with zero attached hydrogens (tertiary/aromatic N) is 2. The lowest BCUT2D eigenvalue weighted by Crippen LogP contribution is -2.29. The standard InChI is InChI=1S/C17H21N3O3S/c1-4-19-24(22,23)16-7-5-15(6-8-16)17(21)20(3)13(2)14-9-11-18-12-10-14/h5-13,19H,4H2,1-3H3. The summed E-state index contributed by atoms with van der Waals surface area (Å²) in [6.45, 7) is 3.96. The van der Waals surface area contributed by atoms with Crippen LogP contribution < -0.4 is 4.72 Å². The van der Waals surface area contributed by atoms with E-state index in [9.17, 15) is 13.2 Å². The summed E-state index contributed by atoms with van der Waals surface area (Å²) < 4.78 is 26.3. The number of carbonyl (C=O) groups is 1. The molecule has 6 nitrogen and oxygen atoms in total. The van der Waals surface area contributed by atoms with Gasteiger partial charge in [0.25, 0.3) is 5.91 Å². The van der Waals surface area contributed by atoms with Gasteiger partial charge < -0.3 is 4.90 Å². The third kappa shape index (κ3) is 3.98. The second-order valence-electron chi connectivity index (χ2n) is 5.40. The van der Waals surface area contributed by atoms with Gasteiger partial charge in [-0.2, -0.15) is 0 Å². The average molecular weight is 347 g/mol. The predicted molar refractivity (Wildman–Crippen MR) is 92.1 cm³/mol. The van der Waals surface area contributed by atoms with Crippen molar-refractivity contribution >= 4 is 15.9 Å². The molecule has 0 fully saturated rings. The molecule has 0 aliphatic rings. The Kier molecular flexibility index (Phi) is 5.69. The monoisotopic (exact) mass is 347 g/mol. The van der Waals surface area contributed by atoms with E-state index in [1.165, 1.54) is 24.3 Å². The van der Waals surface area contributed by atoms with Crippen molar-refractivity contribution in [1.29, 1.82) is 0 Å². The van der Waals surface area contributed by atoms with Crippen molar-refractivity contribution < 1.29 is 13.2 Å². The van der Waals surface area contributed by atoms with E-state index < -0.39 is 10.0 Å². The van der Waals surface area contributed by atoms with E-state index in [-0.39, 0.29) is 16.8 Å². The molecular weight excluding hydrogens is 326 g/mol. The summed E-state index contributed by atoms with van der Waals surface area (Å²) in [7, 11) is -1.80. The van der Waals surface area contributed by atoms with Crippen LogP contribution in [-0.2, 0) is 10.0 Å². The second kappa shape index (κ2) is 7.55. The zero-order chi connectivity index (χ0) is 17.7. The van der Waals surface area contributed by atoms with Crippen LogP contribution in [0, 0.1) is 0 Å². The molecule has 0 aliphatic heterocycles. The van der Waals surface area contributed by atoms with Gasteiger partial charge in [-0.25, -0.2) is 13.1 Å². The first kappa shape index (κ1) is 18.1. The molecule has 1 N–H and O–H groups in total. The van der Waals surface area contributed by atoms with Gasteiger partial charge in [0, 0.05) is 31.5 Å². The molecule has 1 amide bonds. The van der Waals surface area contributed by atoms with Gasteiger partial charge in [-0.3, -0.25) is 9.78 Å². The van der Waals surface area contributed by atoms with Gasteiger partial charge >= 0.3 is 0 Å². The van der Waals surface area contributed by atoms with Crippen molar-refractivity contribution in [3.8, 4) is 0 Å². The normalized spacial score (nSPS) is 12.6. The number of nitrogens with one attached hydrogen (secondary N) is 1. The summed E-state index contributed by atoms with van der Waals surface area (Å²) in [4.78, 5) is 18.3.